The molecule has 0 radical (unpaired) electrons. The van der Waals surface area contributed by atoms with E-state index in [4.69, 9.17) is 5.73 Å². The van der Waals surface area contributed by atoms with Gasteiger partial charge in [-0.2, -0.15) is 5.10 Å². The number of primary amides is 1. The van der Waals surface area contributed by atoms with E-state index in [1.165, 1.54) is 35.7 Å². The van der Waals surface area contributed by atoms with E-state index in [9.17, 15) is 14.4 Å². The lowest BCUT2D eigenvalue weighted by Gasteiger charge is -2.45. The van der Waals surface area contributed by atoms with Crippen molar-refractivity contribution in [3.8, 4) is 0 Å². The molecule has 2 saturated carbocycles. The Bertz CT molecular complexity index is 983. The molecular weight excluding hydrogens is 460 g/mol. The lowest BCUT2D eigenvalue weighted by Crippen LogP contribution is -2.50. The van der Waals surface area contributed by atoms with Crippen LogP contribution < -0.4 is 21.3 Å². The Kier molecular flexibility index (Phi) is 8.68. The molecule has 10 nitrogen and oxygen atoms in total. The highest BCUT2D eigenvalue weighted by atomic mass is 16.5. The number of anilines is 1. The number of hydrogen-bond acceptors (Lipinski definition) is 5. The number of hydrogen-bond donors (Lipinski definition) is 3. The van der Waals surface area contributed by atoms with Crippen LogP contribution in [0.3, 0.4) is 0 Å². The van der Waals surface area contributed by atoms with E-state index >= 15 is 0 Å². The first kappa shape index (κ1) is 27.5. The number of nitrogens with one attached hydrogen (secondary N) is 2. The van der Waals surface area contributed by atoms with Gasteiger partial charge < -0.3 is 21.1 Å². The Morgan fingerprint density at radius 1 is 1.31 bits per heavy atom. The van der Waals surface area contributed by atoms with E-state index in [0.717, 1.165) is 31.6 Å². The van der Waals surface area contributed by atoms with E-state index in [2.05, 4.69) is 27.4 Å². The largest absolute Gasteiger partial charge is 0.453 e. The molecule has 200 valence electrons. The number of alkyl carbamates (subject to hydrolysis) is 1. The van der Waals surface area contributed by atoms with Crippen molar-refractivity contribution < 1.29 is 19.1 Å². The fraction of sp³-hybridized carbons (Fsp3) is 0.692. The van der Waals surface area contributed by atoms with Crippen molar-refractivity contribution in [2.24, 2.45) is 23.5 Å². The monoisotopic (exact) mass is 502 g/mol. The fourth-order valence-electron chi connectivity index (χ4n) is 5.80. The summed E-state index contributed by atoms with van der Waals surface area (Å²) in [6.07, 6.45) is 11.2. The summed E-state index contributed by atoms with van der Waals surface area (Å²) in [4.78, 5) is 39.2. The summed E-state index contributed by atoms with van der Waals surface area (Å²) in [5, 5.41) is 10.4. The summed E-state index contributed by atoms with van der Waals surface area (Å²) >= 11 is 0. The Labute approximate surface area is 214 Å². The van der Waals surface area contributed by atoms with Crippen LogP contribution in [0.25, 0.3) is 6.20 Å². The van der Waals surface area contributed by atoms with E-state index < -0.39 is 17.7 Å². The normalized spacial score (nSPS) is 24.0. The standard InChI is InChI=1S/C26H42N6O4/c1-7-18-13-17-9-8-10-19(14-17)21(18)29-22(33)20-15-28-31(23(20)32(16(2)3)24(27)34)12-11-26(4,5)30-25(35)36-6/h11-12,15-19,21H,7-10,13-14H2,1-6H3,(H2,27,34)(H,29,33)(H,30,35)/b12-11+/t17?,18?,19?,21-/m0/s1. The molecule has 3 rings (SSSR count). The van der Waals surface area contributed by atoms with Gasteiger partial charge in [-0.25, -0.2) is 14.3 Å². The number of carbonyl (C=O) groups is 3. The third kappa shape index (κ3) is 6.20. The molecule has 2 aliphatic carbocycles. The van der Waals surface area contributed by atoms with Crippen LogP contribution in [-0.2, 0) is 4.74 Å². The van der Waals surface area contributed by atoms with E-state index in [1.54, 1.807) is 26.1 Å². The van der Waals surface area contributed by atoms with Gasteiger partial charge in [0.25, 0.3) is 5.91 Å². The molecule has 1 aromatic heterocycles. The molecule has 36 heavy (non-hydrogen) atoms. The molecule has 1 heterocycles. The number of urea groups is 1. The van der Waals surface area contributed by atoms with Gasteiger partial charge in [0.05, 0.1) is 18.8 Å². The van der Waals surface area contributed by atoms with Crippen LogP contribution in [0.1, 0.15) is 83.5 Å². The first-order valence-electron chi connectivity index (χ1n) is 13.0. The quantitative estimate of drug-likeness (QED) is 0.492. The van der Waals surface area contributed by atoms with Crippen LogP contribution in [0.15, 0.2) is 12.3 Å². The van der Waals surface area contributed by atoms with Gasteiger partial charge in [0.1, 0.15) is 5.56 Å². The average Bonchev–Trinajstić information content (AvgIpc) is 3.22. The Hall–Kier alpha value is -3.04. The number of amides is 4. The second kappa shape index (κ2) is 11.3. The highest BCUT2D eigenvalue weighted by Crippen LogP contribution is 2.44. The molecule has 0 spiro atoms. The molecule has 4 atom stereocenters. The number of fused-ring (bicyclic) bond motifs is 2. The third-order valence-corrected chi connectivity index (χ3v) is 7.54. The van der Waals surface area contributed by atoms with Gasteiger partial charge in [0.2, 0.25) is 0 Å². The van der Waals surface area contributed by atoms with Crippen LogP contribution in [0.5, 0.6) is 0 Å². The van der Waals surface area contributed by atoms with Crippen LogP contribution in [-0.4, -0.2) is 52.5 Å². The number of ether oxygens (including phenoxy) is 1. The molecule has 3 unspecified atom stereocenters. The van der Waals surface area contributed by atoms with Gasteiger partial charge >= 0.3 is 12.1 Å². The second-order valence-corrected chi connectivity index (χ2v) is 11.0. The predicted octanol–water partition coefficient (Wildman–Crippen LogP) is 4.12. The van der Waals surface area contributed by atoms with Gasteiger partial charge in [0.15, 0.2) is 5.82 Å². The van der Waals surface area contributed by atoms with E-state index in [-0.39, 0.29) is 18.0 Å². The Morgan fingerprint density at radius 2 is 2.03 bits per heavy atom. The van der Waals surface area contributed by atoms with Crippen molar-refractivity contribution >= 4 is 30.0 Å². The Balaban J connectivity index is 1.94. The molecule has 0 aliphatic heterocycles. The topological polar surface area (TPSA) is 132 Å². The van der Waals surface area contributed by atoms with Crippen molar-refractivity contribution in [3.05, 3.63) is 17.8 Å². The summed E-state index contributed by atoms with van der Waals surface area (Å²) in [7, 11) is 1.29. The predicted molar refractivity (Wildman–Crippen MR) is 139 cm³/mol. The SMILES string of the molecule is CCC1CC2CCCC(C2)[C@H]1NC(=O)c1cnn(/C=C/C(C)(C)NC(=O)OC)c1N(C(N)=O)C(C)C. The maximum Gasteiger partial charge on any atom is 0.407 e. The highest BCUT2D eigenvalue weighted by Gasteiger charge is 2.40. The minimum atomic E-state index is -0.776. The number of carbonyl (C=O) groups excluding carboxylic acids is 3. The summed E-state index contributed by atoms with van der Waals surface area (Å²) in [5.74, 6) is 1.73. The van der Waals surface area contributed by atoms with Gasteiger partial charge in [-0.1, -0.05) is 26.2 Å². The van der Waals surface area contributed by atoms with Crippen molar-refractivity contribution in [1.29, 1.82) is 0 Å². The van der Waals surface area contributed by atoms with Crippen molar-refractivity contribution in [1.82, 2.24) is 20.4 Å². The number of nitrogens with zero attached hydrogens (tertiary/aromatic N) is 3. The minimum Gasteiger partial charge on any atom is -0.453 e. The molecule has 4 amide bonds. The Morgan fingerprint density at radius 3 is 2.64 bits per heavy atom. The van der Waals surface area contributed by atoms with Crippen LogP contribution >= 0.6 is 0 Å². The molecule has 10 heteroatoms. The maximum absolute atomic E-state index is 13.7. The lowest BCUT2D eigenvalue weighted by atomic mass is 9.64. The van der Waals surface area contributed by atoms with Crippen molar-refractivity contribution in [2.75, 3.05) is 12.0 Å². The van der Waals surface area contributed by atoms with Gasteiger partial charge in [-0.3, -0.25) is 9.69 Å². The number of nitrogens with two attached hydrogens (primary N) is 1. The summed E-state index contributed by atoms with van der Waals surface area (Å²) in [6.45, 7) is 9.42. The number of methoxy groups -OCH3 is 1. The first-order chi connectivity index (χ1) is 17.0. The number of aromatic nitrogens is 2. The van der Waals surface area contributed by atoms with Gasteiger partial charge in [0, 0.05) is 18.3 Å². The average molecular weight is 503 g/mol. The molecule has 2 fully saturated rings. The third-order valence-electron chi connectivity index (χ3n) is 7.54. The van der Waals surface area contributed by atoms with Crippen LogP contribution in [0.4, 0.5) is 15.4 Å². The first-order valence-corrected chi connectivity index (χ1v) is 13.0. The van der Waals surface area contributed by atoms with E-state index in [1.807, 2.05) is 13.8 Å². The van der Waals surface area contributed by atoms with Crippen molar-refractivity contribution in [2.45, 2.75) is 90.8 Å². The zero-order valence-corrected chi connectivity index (χ0v) is 22.4. The molecule has 1 aromatic rings. The van der Waals surface area contributed by atoms with Gasteiger partial charge in [-0.15, -0.1) is 0 Å². The maximum atomic E-state index is 13.7. The van der Waals surface area contributed by atoms with Crippen molar-refractivity contribution in [3.63, 3.8) is 0 Å². The summed E-state index contributed by atoms with van der Waals surface area (Å²) in [6, 6.07) is -0.883. The van der Waals surface area contributed by atoms with E-state index in [0.29, 0.717) is 23.2 Å². The zero-order chi connectivity index (χ0) is 26.6. The highest BCUT2D eigenvalue weighted by molar-refractivity contribution is 6.03. The molecule has 2 bridgehead atoms. The fourth-order valence-corrected chi connectivity index (χ4v) is 5.80. The lowest BCUT2D eigenvalue weighted by molar-refractivity contribution is 0.0680. The second-order valence-electron chi connectivity index (χ2n) is 11.0. The summed E-state index contributed by atoms with van der Waals surface area (Å²) < 4.78 is 6.14. The zero-order valence-electron chi connectivity index (χ0n) is 22.4. The van der Waals surface area contributed by atoms with Crippen LogP contribution in [0.2, 0.25) is 0 Å². The van der Waals surface area contributed by atoms with Gasteiger partial charge in [-0.05, 0) is 70.8 Å². The molecule has 4 N–H and O–H groups in total. The smallest absolute Gasteiger partial charge is 0.407 e. The molecular formula is C26H42N6O4. The van der Waals surface area contributed by atoms with Crippen LogP contribution in [0, 0.1) is 17.8 Å². The number of rotatable bonds is 8. The minimum absolute atomic E-state index is 0.107. The molecule has 0 aromatic carbocycles. The molecule has 0 saturated heterocycles. The summed E-state index contributed by atoms with van der Waals surface area (Å²) in [5.41, 5.74) is 5.26. The molecule has 2 aliphatic rings.